The molecule has 2 aromatic rings. The molecule has 0 aliphatic heterocycles. The molecule has 1 aromatic heterocycles. The lowest BCUT2D eigenvalue weighted by molar-refractivity contribution is 0.0628. The molecule has 0 saturated heterocycles. The summed E-state index contributed by atoms with van der Waals surface area (Å²) in [5.41, 5.74) is 7.54. The number of nitrogens with two attached hydrogens (primary N) is 1. The van der Waals surface area contributed by atoms with Gasteiger partial charge < -0.3 is 10.5 Å². The number of methoxy groups -OCH3 is 1. The molecule has 18 heavy (non-hydrogen) atoms. The predicted octanol–water partition coefficient (Wildman–Crippen LogP) is 2.66. The van der Waals surface area contributed by atoms with Crippen LogP contribution in [-0.2, 0) is 4.74 Å². The SMILES string of the molecule is COC(C1CC1)C(N)c1cccc2ccncc12. The van der Waals surface area contributed by atoms with Gasteiger partial charge in [0, 0.05) is 24.9 Å². The van der Waals surface area contributed by atoms with Crippen molar-refractivity contribution in [2.45, 2.75) is 25.0 Å². The van der Waals surface area contributed by atoms with Gasteiger partial charge in [-0.25, -0.2) is 0 Å². The van der Waals surface area contributed by atoms with E-state index in [4.69, 9.17) is 10.5 Å². The van der Waals surface area contributed by atoms with Crippen LogP contribution in [0.5, 0.6) is 0 Å². The maximum Gasteiger partial charge on any atom is 0.0792 e. The summed E-state index contributed by atoms with van der Waals surface area (Å²) in [5.74, 6) is 0.622. The van der Waals surface area contributed by atoms with Crippen LogP contribution < -0.4 is 5.73 Å². The van der Waals surface area contributed by atoms with Crippen LogP contribution in [0.2, 0.25) is 0 Å². The Morgan fingerprint density at radius 2 is 2.17 bits per heavy atom. The van der Waals surface area contributed by atoms with Crippen LogP contribution in [0.25, 0.3) is 10.8 Å². The zero-order valence-electron chi connectivity index (χ0n) is 10.5. The van der Waals surface area contributed by atoms with Crippen LogP contribution >= 0.6 is 0 Å². The number of ether oxygens (including phenoxy) is 1. The highest BCUT2D eigenvalue weighted by Crippen LogP contribution is 2.39. The van der Waals surface area contributed by atoms with Crippen molar-refractivity contribution in [3.05, 3.63) is 42.2 Å². The molecule has 2 atom stereocenters. The van der Waals surface area contributed by atoms with Gasteiger partial charge in [0.2, 0.25) is 0 Å². The van der Waals surface area contributed by atoms with Crippen LogP contribution in [0.4, 0.5) is 0 Å². The molecule has 1 aromatic carbocycles. The van der Waals surface area contributed by atoms with E-state index in [-0.39, 0.29) is 12.1 Å². The second-order valence-electron chi connectivity index (χ2n) is 5.01. The minimum absolute atomic E-state index is 0.0737. The molecule has 0 amide bonds. The Labute approximate surface area is 107 Å². The molecule has 2 N–H and O–H groups in total. The van der Waals surface area contributed by atoms with Gasteiger partial charge in [-0.05, 0) is 35.8 Å². The topological polar surface area (TPSA) is 48.1 Å². The maximum atomic E-state index is 6.40. The van der Waals surface area contributed by atoms with Gasteiger partial charge in [0.1, 0.15) is 0 Å². The van der Waals surface area contributed by atoms with Gasteiger partial charge in [0.15, 0.2) is 0 Å². The van der Waals surface area contributed by atoms with Gasteiger partial charge in [-0.1, -0.05) is 18.2 Å². The zero-order valence-corrected chi connectivity index (χ0v) is 10.5. The van der Waals surface area contributed by atoms with E-state index in [0.29, 0.717) is 5.92 Å². The summed E-state index contributed by atoms with van der Waals surface area (Å²) in [6, 6.07) is 8.17. The monoisotopic (exact) mass is 242 g/mol. The number of nitrogens with zero attached hydrogens (tertiary/aromatic N) is 1. The molecule has 1 saturated carbocycles. The highest BCUT2D eigenvalue weighted by molar-refractivity contribution is 5.85. The van der Waals surface area contributed by atoms with Gasteiger partial charge in [-0.2, -0.15) is 0 Å². The number of pyridine rings is 1. The second kappa shape index (κ2) is 4.67. The molecule has 3 rings (SSSR count). The summed E-state index contributed by atoms with van der Waals surface area (Å²) in [7, 11) is 1.76. The molecule has 1 heterocycles. The van der Waals surface area contributed by atoms with Gasteiger partial charge in [-0.3, -0.25) is 4.98 Å². The highest BCUT2D eigenvalue weighted by Gasteiger charge is 2.36. The summed E-state index contributed by atoms with van der Waals surface area (Å²) in [6.45, 7) is 0. The van der Waals surface area contributed by atoms with Crippen LogP contribution in [0.1, 0.15) is 24.4 Å². The van der Waals surface area contributed by atoms with Crippen molar-refractivity contribution in [1.82, 2.24) is 4.98 Å². The van der Waals surface area contributed by atoms with Gasteiger partial charge in [-0.15, -0.1) is 0 Å². The van der Waals surface area contributed by atoms with Crippen molar-refractivity contribution in [2.75, 3.05) is 7.11 Å². The third-order valence-electron chi connectivity index (χ3n) is 3.79. The average molecular weight is 242 g/mol. The fourth-order valence-electron chi connectivity index (χ4n) is 2.66. The molecule has 0 bridgehead atoms. The molecule has 2 unspecified atom stereocenters. The lowest BCUT2D eigenvalue weighted by Crippen LogP contribution is -2.30. The van der Waals surface area contributed by atoms with E-state index in [9.17, 15) is 0 Å². The fourth-order valence-corrected chi connectivity index (χ4v) is 2.66. The number of benzene rings is 1. The van der Waals surface area contributed by atoms with E-state index in [1.807, 2.05) is 18.5 Å². The first-order valence-electron chi connectivity index (χ1n) is 6.42. The Hall–Kier alpha value is -1.45. The summed E-state index contributed by atoms with van der Waals surface area (Å²) in [5, 5.41) is 2.32. The van der Waals surface area contributed by atoms with Crippen molar-refractivity contribution in [3.63, 3.8) is 0 Å². The molecule has 1 fully saturated rings. The van der Waals surface area contributed by atoms with Crippen molar-refractivity contribution in [1.29, 1.82) is 0 Å². The minimum Gasteiger partial charge on any atom is -0.379 e. The molecule has 1 aliphatic carbocycles. The Balaban J connectivity index is 2.02. The smallest absolute Gasteiger partial charge is 0.0792 e. The summed E-state index contributed by atoms with van der Waals surface area (Å²) in [6.07, 6.45) is 6.29. The van der Waals surface area contributed by atoms with Crippen LogP contribution in [-0.4, -0.2) is 18.2 Å². The quantitative estimate of drug-likeness (QED) is 0.896. The Bertz CT molecular complexity index is 546. The fraction of sp³-hybridized carbons (Fsp3) is 0.400. The van der Waals surface area contributed by atoms with E-state index in [2.05, 4.69) is 23.2 Å². The summed E-state index contributed by atoms with van der Waals surface area (Å²) in [4.78, 5) is 4.21. The molecule has 0 radical (unpaired) electrons. The molecule has 3 heteroatoms. The number of hydrogen-bond acceptors (Lipinski definition) is 3. The molecule has 3 nitrogen and oxygen atoms in total. The molecule has 1 aliphatic rings. The van der Waals surface area contributed by atoms with Crippen molar-refractivity contribution in [3.8, 4) is 0 Å². The summed E-state index contributed by atoms with van der Waals surface area (Å²) < 4.78 is 5.59. The number of hydrogen-bond donors (Lipinski definition) is 1. The van der Waals surface area contributed by atoms with Gasteiger partial charge in [0.25, 0.3) is 0 Å². The first kappa shape index (κ1) is 11.6. The normalized spacial score (nSPS) is 18.8. The van der Waals surface area contributed by atoms with Crippen molar-refractivity contribution in [2.24, 2.45) is 11.7 Å². The van der Waals surface area contributed by atoms with Gasteiger partial charge >= 0.3 is 0 Å². The first-order valence-corrected chi connectivity index (χ1v) is 6.42. The first-order chi connectivity index (χ1) is 8.81. The third kappa shape index (κ3) is 2.00. The Morgan fingerprint density at radius 1 is 1.33 bits per heavy atom. The van der Waals surface area contributed by atoms with E-state index in [1.165, 1.54) is 18.2 Å². The number of fused-ring (bicyclic) bond motifs is 1. The van der Waals surface area contributed by atoms with E-state index < -0.39 is 0 Å². The van der Waals surface area contributed by atoms with Crippen LogP contribution in [0.3, 0.4) is 0 Å². The van der Waals surface area contributed by atoms with E-state index >= 15 is 0 Å². The van der Waals surface area contributed by atoms with Crippen LogP contribution in [0.15, 0.2) is 36.7 Å². The predicted molar refractivity (Wildman–Crippen MR) is 72.2 cm³/mol. The van der Waals surface area contributed by atoms with Crippen molar-refractivity contribution >= 4 is 10.8 Å². The number of rotatable bonds is 4. The second-order valence-corrected chi connectivity index (χ2v) is 5.01. The van der Waals surface area contributed by atoms with E-state index in [1.54, 1.807) is 7.11 Å². The van der Waals surface area contributed by atoms with Crippen LogP contribution in [0, 0.1) is 5.92 Å². The standard InChI is InChI=1S/C15H18N2O/c1-18-15(11-5-6-11)14(16)12-4-2-3-10-7-8-17-9-13(10)12/h2-4,7-9,11,14-15H,5-6,16H2,1H3. The lowest BCUT2D eigenvalue weighted by Gasteiger charge is -2.23. The minimum atomic E-state index is -0.0737. The molecular weight excluding hydrogens is 224 g/mol. The largest absolute Gasteiger partial charge is 0.379 e. The zero-order chi connectivity index (χ0) is 12.5. The summed E-state index contributed by atoms with van der Waals surface area (Å²) >= 11 is 0. The maximum absolute atomic E-state index is 6.40. The van der Waals surface area contributed by atoms with E-state index in [0.717, 1.165) is 10.9 Å². The molecule has 94 valence electrons. The third-order valence-corrected chi connectivity index (χ3v) is 3.79. The number of aromatic nitrogens is 1. The molecular formula is C15H18N2O. The van der Waals surface area contributed by atoms with Crippen molar-refractivity contribution < 1.29 is 4.74 Å². The highest BCUT2D eigenvalue weighted by atomic mass is 16.5. The Kier molecular flexibility index (Phi) is 3.02. The lowest BCUT2D eigenvalue weighted by atomic mass is 9.95. The molecule has 0 spiro atoms. The van der Waals surface area contributed by atoms with Gasteiger partial charge in [0.05, 0.1) is 12.1 Å². The average Bonchev–Trinajstić information content (AvgIpc) is 3.23. The Morgan fingerprint density at radius 3 is 2.89 bits per heavy atom.